The van der Waals surface area contributed by atoms with Crippen molar-refractivity contribution in [3.8, 4) is 0 Å². The van der Waals surface area contributed by atoms with Gasteiger partial charge in [-0.2, -0.15) is 0 Å². The Morgan fingerprint density at radius 1 is 1.26 bits per heavy atom. The zero-order valence-electron chi connectivity index (χ0n) is 15.8. The second-order valence-corrected chi connectivity index (χ2v) is 7.14. The molecule has 0 bridgehead atoms. The van der Waals surface area contributed by atoms with Crippen molar-refractivity contribution in [2.24, 2.45) is 4.99 Å². The number of pyridine rings is 1. The Morgan fingerprint density at radius 3 is 2.85 bits per heavy atom. The zero-order valence-corrected chi connectivity index (χ0v) is 19.0. The highest BCUT2D eigenvalue weighted by molar-refractivity contribution is 14.0. The van der Waals surface area contributed by atoms with Crippen molar-refractivity contribution in [2.45, 2.75) is 39.7 Å². The largest absolute Gasteiger partial charge is 0.357 e. The van der Waals surface area contributed by atoms with Crippen LogP contribution in [0.4, 0.5) is 0 Å². The van der Waals surface area contributed by atoms with Gasteiger partial charge in [-0.05, 0) is 19.1 Å². The summed E-state index contributed by atoms with van der Waals surface area (Å²) in [7, 11) is 0. The van der Waals surface area contributed by atoms with Crippen molar-refractivity contribution in [3.05, 3.63) is 46.3 Å². The zero-order chi connectivity index (χ0) is 18.4. The summed E-state index contributed by atoms with van der Waals surface area (Å²) < 4.78 is 1.95. The fourth-order valence-corrected chi connectivity index (χ4v) is 3.37. The third-order valence-electron chi connectivity index (χ3n) is 3.84. The van der Waals surface area contributed by atoms with Crippen molar-refractivity contribution >= 4 is 46.9 Å². The van der Waals surface area contributed by atoms with Gasteiger partial charge in [0.15, 0.2) is 17.4 Å². The molecule has 0 aliphatic rings. The smallest absolute Gasteiger partial charge is 0.191 e. The number of halogens is 1. The maximum atomic E-state index is 4.67. The summed E-state index contributed by atoms with van der Waals surface area (Å²) >= 11 is 1.73. The minimum absolute atomic E-state index is 0. The first kappa shape index (κ1) is 21.5. The summed E-state index contributed by atoms with van der Waals surface area (Å²) in [5.74, 6) is 2.08. The van der Waals surface area contributed by atoms with E-state index in [0.717, 1.165) is 42.6 Å². The first-order valence-electron chi connectivity index (χ1n) is 8.92. The second-order valence-electron chi connectivity index (χ2n) is 6.25. The molecule has 7 nitrogen and oxygen atoms in total. The van der Waals surface area contributed by atoms with Crippen LogP contribution in [0.3, 0.4) is 0 Å². The highest BCUT2D eigenvalue weighted by Gasteiger charge is 2.07. The van der Waals surface area contributed by atoms with E-state index in [-0.39, 0.29) is 24.0 Å². The monoisotopic (exact) mass is 499 g/mol. The lowest BCUT2D eigenvalue weighted by Gasteiger charge is -2.10. The van der Waals surface area contributed by atoms with Crippen LogP contribution < -0.4 is 10.6 Å². The molecule has 27 heavy (non-hydrogen) atoms. The van der Waals surface area contributed by atoms with Crippen molar-refractivity contribution in [1.29, 1.82) is 0 Å². The first-order chi connectivity index (χ1) is 12.7. The normalized spacial score (nSPS) is 11.6. The van der Waals surface area contributed by atoms with Gasteiger partial charge in [-0.3, -0.25) is 4.40 Å². The minimum Gasteiger partial charge on any atom is -0.357 e. The van der Waals surface area contributed by atoms with Crippen molar-refractivity contribution in [2.75, 3.05) is 13.1 Å². The number of hydrogen-bond acceptors (Lipinski definition) is 5. The molecule has 0 atom stereocenters. The van der Waals surface area contributed by atoms with Crippen LogP contribution in [-0.4, -0.2) is 38.6 Å². The molecule has 3 heterocycles. The maximum Gasteiger partial charge on any atom is 0.191 e. The van der Waals surface area contributed by atoms with Crippen LogP contribution in [-0.2, 0) is 13.0 Å². The topological polar surface area (TPSA) is 79.5 Å². The number of thiazole rings is 1. The van der Waals surface area contributed by atoms with Gasteiger partial charge in [-0.25, -0.2) is 9.98 Å². The van der Waals surface area contributed by atoms with E-state index < -0.39 is 0 Å². The predicted octanol–water partition coefficient (Wildman–Crippen LogP) is 3.23. The highest BCUT2D eigenvalue weighted by Crippen LogP contribution is 2.19. The van der Waals surface area contributed by atoms with E-state index in [1.165, 1.54) is 5.01 Å². The van der Waals surface area contributed by atoms with Gasteiger partial charge in [0.05, 0.1) is 10.7 Å². The number of nitrogens with zero attached hydrogens (tertiary/aromatic N) is 5. The van der Waals surface area contributed by atoms with Crippen molar-refractivity contribution in [3.63, 3.8) is 0 Å². The van der Waals surface area contributed by atoms with E-state index in [1.807, 2.05) is 28.8 Å². The molecule has 0 saturated carbocycles. The fraction of sp³-hybridized carbons (Fsp3) is 0.444. The number of aliphatic imine (C=N–C) groups is 1. The molecular formula is C18H26IN7S. The molecule has 0 unspecified atom stereocenters. The Bertz CT molecular complexity index is 871. The Morgan fingerprint density at radius 2 is 2.11 bits per heavy atom. The minimum atomic E-state index is 0. The molecule has 0 radical (unpaired) electrons. The summed E-state index contributed by atoms with van der Waals surface area (Å²) in [5, 5.41) is 18.3. The molecule has 2 N–H and O–H groups in total. The molecule has 0 amide bonds. The Balaban J connectivity index is 0.00000261. The summed E-state index contributed by atoms with van der Waals surface area (Å²) in [6.45, 7) is 8.46. The highest BCUT2D eigenvalue weighted by atomic mass is 127. The maximum absolute atomic E-state index is 4.67. The molecule has 0 saturated heterocycles. The number of fused-ring (bicyclic) bond motifs is 1. The van der Waals surface area contributed by atoms with Gasteiger partial charge in [0.2, 0.25) is 0 Å². The number of hydrogen-bond donors (Lipinski definition) is 2. The number of nitrogens with one attached hydrogen (secondary N) is 2. The SMILES string of the molecule is CCNC(=NCc1nnc2ccccn12)NCCc1csc(C(C)C)n1.I. The van der Waals surface area contributed by atoms with Crippen LogP contribution in [0.1, 0.15) is 43.2 Å². The third-order valence-corrected chi connectivity index (χ3v) is 5.04. The van der Waals surface area contributed by atoms with Gasteiger partial charge >= 0.3 is 0 Å². The van der Waals surface area contributed by atoms with E-state index in [4.69, 9.17) is 0 Å². The average Bonchev–Trinajstić information content (AvgIpc) is 3.27. The molecule has 3 rings (SSSR count). The van der Waals surface area contributed by atoms with Gasteiger partial charge in [-0.15, -0.1) is 45.5 Å². The van der Waals surface area contributed by atoms with E-state index in [9.17, 15) is 0 Å². The summed E-state index contributed by atoms with van der Waals surface area (Å²) in [6.07, 6.45) is 2.83. The predicted molar refractivity (Wildman–Crippen MR) is 121 cm³/mol. The molecule has 3 aromatic heterocycles. The average molecular weight is 499 g/mol. The summed E-state index contributed by atoms with van der Waals surface area (Å²) in [6, 6.07) is 5.85. The summed E-state index contributed by atoms with van der Waals surface area (Å²) in [5.41, 5.74) is 1.96. The molecular weight excluding hydrogens is 473 g/mol. The van der Waals surface area contributed by atoms with Crippen LogP contribution in [0, 0.1) is 0 Å². The molecule has 9 heteroatoms. The van der Waals surface area contributed by atoms with Crippen LogP contribution in [0.15, 0.2) is 34.8 Å². The third kappa shape index (κ3) is 5.86. The van der Waals surface area contributed by atoms with Crippen LogP contribution in [0.5, 0.6) is 0 Å². The lowest BCUT2D eigenvalue weighted by molar-refractivity contribution is 0.773. The van der Waals surface area contributed by atoms with Gasteiger partial charge in [0.25, 0.3) is 0 Å². The van der Waals surface area contributed by atoms with Crippen LogP contribution in [0.2, 0.25) is 0 Å². The van der Waals surface area contributed by atoms with Gasteiger partial charge < -0.3 is 10.6 Å². The lowest BCUT2D eigenvalue weighted by atomic mass is 10.2. The molecule has 0 aliphatic heterocycles. The molecule has 0 spiro atoms. The molecule has 146 valence electrons. The van der Waals surface area contributed by atoms with Crippen molar-refractivity contribution in [1.82, 2.24) is 30.2 Å². The Labute approximate surface area is 180 Å². The van der Waals surface area contributed by atoms with Crippen LogP contribution >= 0.6 is 35.3 Å². The first-order valence-corrected chi connectivity index (χ1v) is 9.80. The van der Waals surface area contributed by atoms with Gasteiger partial charge in [-0.1, -0.05) is 19.9 Å². The number of guanidine groups is 1. The quantitative estimate of drug-likeness (QED) is 0.297. The van der Waals surface area contributed by atoms with E-state index in [1.54, 1.807) is 11.3 Å². The number of aromatic nitrogens is 4. The van der Waals surface area contributed by atoms with Gasteiger partial charge in [0.1, 0.15) is 6.54 Å². The molecule has 0 aromatic carbocycles. The standard InChI is InChI=1S/C18H25N7S.HI/c1-4-19-18(20-9-8-14-12-26-17(22-14)13(2)3)21-11-16-24-23-15-7-5-6-10-25(15)16;/h5-7,10,12-13H,4,8-9,11H2,1-3H3,(H2,19,20,21);1H. The summed E-state index contributed by atoms with van der Waals surface area (Å²) in [4.78, 5) is 9.29. The van der Waals surface area contributed by atoms with Crippen LogP contribution in [0.25, 0.3) is 5.65 Å². The Hall–Kier alpha value is -1.75. The lowest BCUT2D eigenvalue weighted by Crippen LogP contribution is -2.38. The van der Waals surface area contributed by atoms with Crippen molar-refractivity contribution < 1.29 is 0 Å². The number of rotatable bonds is 7. The fourth-order valence-electron chi connectivity index (χ4n) is 2.50. The molecule has 3 aromatic rings. The molecule has 0 aliphatic carbocycles. The van der Waals surface area contributed by atoms with E-state index >= 15 is 0 Å². The van der Waals surface area contributed by atoms with E-state index in [0.29, 0.717) is 12.5 Å². The molecule has 0 fully saturated rings. The second kappa shape index (κ2) is 10.5. The Kier molecular flexibility index (Phi) is 8.42. The van der Waals surface area contributed by atoms with Gasteiger partial charge in [0, 0.05) is 37.0 Å². The van der Waals surface area contributed by atoms with E-state index in [2.05, 4.69) is 57.0 Å².